The van der Waals surface area contributed by atoms with Crippen LogP contribution in [0, 0.1) is 6.92 Å². The minimum atomic E-state index is -0.0512. The molecule has 0 aliphatic rings. The summed E-state index contributed by atoms with van der Waals surface area (Å²) in [5, 5.41) is 6.16. The second kappa shape index (κ2) is 7.22. The molecule has 110 valence electrons. The quantitative estimate of drug-likeness (QED) is 0.869. The zero-order valence-electron chi connectivity index (χ0n) is 12.1. The van der Waals surface area contributed by atoms with Gasteiger partial charge in [-0.3, -0.25) is 9.78 Å². The summed E-state index contributed by atoms with van der Waals surface area (Å²) in [6.45, 7) is 5.21. The van der Waals surface area contributed by atoms with Gasteiger partial charge in [-0.1, -0.05) is 6.07 Å². The van der Waals surface area contributed by atoms with Gasteiger partial charge in [0.25, 0.3) is 5.91 Å². The van der Waals surface area contributed by atoms with Gasteiger partial charge >= 0.3 is 0 Å². The Kier molecular flexibility index (Phi) is 5.33. The predicted octanol–water partition coefficient (Wildman–Crippen LogP) is 3.51. The fourth-order valence-corrected chi connectivity index (χ4v) is 2.38. The van der Waals surface area contributed by atoms with Crippen molar-refractivity contribution >= 4 is 27.5 Å². The topological polar surface area (TPSA) is 54.0 Å². The molecule has 0 aliphatic carbocycles. The smallest absolute Gasteiger partial charge is 0.251 e. The van der Waals surface area contributed by atoms with E-state index in [-0.39, 0.29) is 5.91 Å². The van der Waals surface area contributed by atoms with Crippen LogP contribution in [-0.4, -0.2) is 17.4 Å². The molecular weight excluding hydrogens is 330 g/mol. The van der Waals surface area contributed by atoms with Crippen molar-refractivity contribution in [2.24, 2.45) is 0 Å². The van der Waals surface area contributed by atoms with Crippen LogP contribution >= 0.6 is 15.9 Å². The third-order valence-corrected chi connectivity index (χ3v) is 3.52. The van der Waals surface area contributed by atoms with Crippen molar-refractivity contribution in [3.63, 3.8) is 0 Å². The van der Waals surface area contributed by atoms with Crippen LogP contribution in [-0.2, 0) is 6.54 Å². The Morgan fingerprint density at radius 1 is 1.29 bits per heavy atom. The highest BCUT2D eigenvalue weighted by Gasteiger charge is 2.07. The van der Waals surface area contributed by atoms with Gasteiger partial charge in [-0.15, -0.1) is 0 Å². The third kappa shape index (κ3) is 4.29. The molecule has 0 spiro atoms. The zero-order chi connectivity index (χ0) is 15.2. The lowest BCUT2D eigenvalue weighted by Gasteiger charge is -2.11. The van der Waals surface area contributed by atoms with Crippen molar-refractivity contribution < 1.29 is 4.79 Å². The number of hydrogen-bond donors (Lipinski definition) is 2. The van der Waals surface area contributed by atoms with E-state index in [0.717, 1.165) is 21.3 Å². The molecule has 2 rings (SSSR count). The highest BCUT2D eigenvalue weighted by molar-refractivity contribution is 9.10. The van der Waals surface area contributed by atoms with Gasteiger partial charge in [0, 0.05) is 41.2 Å². The Balaban J connectivity index is 2.12. The van der Waals surface area contributed by atoms with E-state index in [1.807, 2.05) is 44.3 Å². The summed E-state index contributed by atoms with van der Waals surface area (Å²) in [4.78, 5) is 16.0. The number of nitrogens with one attached hydrogen (secondary N) is 2. The SMILES string of the molecule is CCNC(=O)c1ccc(C)c(NCc2cncc(Br)c2)c1. The molecule has 0 fully saturated rings. The number of amides is 1. The Morgan fingerprint density at radius 2 is 2.10 bits per heavy atom. The van der Waals surface area contributed by atoms with Crippen molar-refractivity contribution in [3.8, 4) is 0 Å². The first kappa shape index (κ1) is 15.5. The number of aryl methyl sites for hydroxylation is 1. The molecule has 0 saturated carbocycles. The summed E-state index contributed by atoms with van der Waals surface area (Å²) in [6, 6.07) is 7.69. The van der Waals surface area contributed by atoms with Crippen LogP contribution in [0.2, 0.25) is 0 Å². The summed E-state index contributed by atoms with van der Waals surface area (Å²) in [7, 11) is 0. The van der Waals surface area contributed by atoms with E-state index in [0.29, 0.717) is 18.7 Å². The van der Waals surface area contributed by atoms with Gasteiger partial charge in [-0.25, -0.2) is 0 Å². The fourth-order valence-electron chi connectivity index (χ4n) is 1.97. The molecule has 0 bridgehead atoms. The summed E-state index contributed by atoms with van der Waals surface area (Å²) < 4.78 is 0.953. The molecule has 1 amide bonds. The molecule has 0 aliphatic heterocycles. The molecule has 1 aromatic heterocycles. The maximum absolute atomic E-state index is 11.9. The Morgan fingerprint density at radius 3 is 2.81 bits per heavy atom. The first-order chi connectivity index (χ1) is 10.1. The average Bonchev–Trinajstić information content (AvgIpc) is 2.46. The van der Waals surface area contributed by atoms with Crippen molar-refractivity contribution in [1.82, 2.24) is 10.3 Å². The largest absolute Gasteiger partial charge is 0.381 e. The van der Waals surface area contributed by atoms with Gasteiger partial charge in [-0.2, -0.15) is 0 Å². The van der Waals surface area contributed by atoms with Gasteiger partial charge in [0.15, 0.2) is 0 Å². The molecule has 1 aromatic carbocycles. The number of rotatable bonds is 5. The highest BCUT2D eigenvalue weighted by Crippen LogP contribution is 2.18. The van der Waals surface area contributed by atoms with Crippen molar-refractivity contribution in [3.05, 3.63) is 57.8 Å². The second-order valence-corrected chi connectivity index (χ2v) is 5.67. The Hall–Kier alpha value is -1.88. The van der Waals surface area contributed by atoms with Gasteiger partial charge in [0.1, 0.15) is 0 Å². The molecule has 0 saturated heterocycles. The van der Waals surface area contributed by atoms with E-state index >= 15 is 0 Å². The van der Waals surface area contributed by atoms with Crippen LogP contribution in [0.15, 0.2) is 41.1 Å². The highest BCUT2D eigenvalue weighted by atomic mass is 79.9. The van der Waals surface area contributed by atoms with E-state index in [2.05, 4.69) is 31.5 Å². The number of halogens is 1. The molecular formula is C16H18BrN3O. The molecule has 21 heavy (non-hydrogen) atoms. The van der Waals surface area contributed by atoms with Crippen LogP contribution < -0.4 is 10.6 Å². The third-order valence-electron chi connectivity index (χ3n) is 3.08. The Labute approximate surface area is 133 Å². The molecule has 0 unspecified atom stereocenters. The normalized spacial score (nSPS) is 10.2. The number of benzene rings is 1. The van der Waals surface area contributed by atoms with Crippen molar-refractivity contribution in [2.45, 2.75) is 20.4 Å². The number of anilines is 1. The van der Waals surface area contributed by atoms with Crippen molar-refractivity contribution in [2.75, 3.05) is 11.9 Å². The van der Waals surface area contributed by atoms with E-state index in [4.69, 9.17) is 0 Å². The molecule has 0 radical (unpaired) electrons. The molecule has 1 heterocycles. The molecule has 5 heteroatoms. The summed E-state index contributed by atoms with van der Waals surface area (Å²) in [5.41, 5.74) is 3.80. The van der Waals surface area contributed by atoms with Crippen LogP contribution in [0.1, 0.15) is 28.4 Å². The minimum Gasteiger partial charge on any atom is -0.381 e. The van der Waals surface area contributed by atoms with Gasteiger partial charge < -0.3 is 10.6 Å². The number of nitrogens with zero attached hydrogens (tertiary/aromatic N) is 1. The monoisotopic (exact) mass is 347 g/mol. The van der Waals surface area contributed by atoms with E-state index in [9.17, 15) is 4.79 Å². The van der Waals surface area contributed by atoms with Gasteiger partial charge in [0.2, 0.25) is 0 Å². The minimum absolute atomic E-state index is 0.0512. The van der Waals surface area contributed by atoms with Gasteiger partial charge in [0.05, 0.1) is 0 Å². The number of pyridine rings is 1. The molecule has 4 nitrogen and oxygen atoms in total. The standard InChI is InChI=1S/C16H18BrN3O/c1-3-19-16(21)13-5-4-11(2)15(7-13)20-9-12-6-14(17)10-18-8-12/h4-8,10,20H,3,9H2,1-2H3,(H,19,21). The lowest BCUT2D eigenvalue weighted by molar-refractivity contribution is 0.0956. The molecule has 0 atom stereocenters. The van der Waals surface area contributed by atoms with Crippen LogP contribution in [0.5, 0.6) is 0 Å². The average molecular weight is 348 g/mol. The van der Waals surface area contributed by atoms with Gasteiger partial charge in [-0.05, 0) is 59.1 Å². The number of carbonyl (C=O) groups is 1. The van der Waals surface area contributed by atoms with Crippen LogP contribution in [0.3, 0.4) is 0 Å². The van der Waals surface area contributed by atoms with E-state index in [1.54, 1.807) is 6.20 Å². The first-order valence-electron chi connectivity index (χ1n) is 6.82. The summed E-state index contributed by atoms with van der Waals surface area (Å²) >= 11 is 3.41. The van der Waals surface area contributed by atoms with E-state index < -0.39 is 0 Å². The lowest BCUT2D eigenvalue weighted by atomic mass is 10.1. The Bertz CT molecular complexity index is 643. The van der Waals surface area contributed by atoms with Crippen LogP contribution in [0.4, 0.5) is 5.69 Å². The zero-order valence-corrected chi connectivity index (χ0v) is 13.7. The first-order valence-corrected chi connectivity index (χ1v) is 7.61. The predicted molar refractivity (Wildman–Crippen MR) is 88.4 cm³/mol. The molecule has 2 N–H and O–H groups in total. The second-order valence-electron chi connectivity index (χ2n) is 4.75. The molecule has 2 aromatic rings. The van der Waals surface area contributed by atoms with Crippen LogP contribution in [0.25, 0.3) is 0 Å². The lowest BCUT2D eigenvalue weighted by Crippen LogP contribution is -2.22. The van der Waals surface area contributed by atoms with E-state index in [1.165, 1.54) is 0 Å². The summed E-state index contributed by atoms with van der Waals surface area (Å²) in [6.07, 6.45) is 3.57. The number of carbonyl (C=O) groups excluding carboxylic acids is 1. The van der Waals surface area contributed by atoms with Crippen molar-refractivity contribution in [1.29, 1.82) is 0 Å². The number of aromatic nitrogens is 1. The summed E-state index contributed by atoms with van der Waals surface area (Å²) in [5.74, 6) is -0.0512. The maximum atomic E-state index is 11.9. The fraction of sp³-hybridized carbons (Fsp3) is 0.250. The maximum Gasteiger partial charge on any atom is 0.251 e. The number of hydrogen-bond acceptors (Lipinski definition) is 3.